The lowest BCUT2D eigenvalue weighted by molar-refractivity contribution is -0.136. The van der Waals surface area contributed by atoms with Crippen LogP contribution in [0.5, 0.6) is 0 Å². The van der Waals surface area contributed by atoms with E-state index in [2.05, 4.69) is 26.6 Å². The molecule has 0 spiro atoms. The Hall–Kier alpha value is -5.40. The Morgan fingerprint density at radius 2 is 1.15 bits per heavy atom. The molecule has 8 amide bonds. The maximum absolute atomic E-state index is 12.6. The molecule has 2 aromatic carbocycles. The number of nitrogens with one attached hydrogen (secondary N) is 5. The summed E-state index contributed by atoms with van der Waals surface area (Å²) >= 11 is 0. The SMILES string of the molecule is CN1C(=O)c2ccc(C(=O)NCC3NC(=O)C(CNC(=O)c4ccc5c(c4)C(=O)NC5=O)NC3=O)cc2C1=O. The highest BCUT2D eigenvalue weighted by atomic mass is 16.2. The van der Waals surface area contributed by atoms with Gasteiger partial charge in [-0.15, -0.1) is 0 Å². The van der Waals surface area contributed by atoms with Gasteiger partial charge in [-0.25, -0.2) is 0 Å². The van der Waals surface area contributed by atoms with Gasteiger partial charge >= 0.3 is 0 Å². The van der Waals surface area contributed by atoms with Crippen molar-refractivity contribution in [3.05, 3.63) is 69.8 Å². The summed E-state index contributed by atoms with van der Waals surface area (Å²) in [5.41, 5.74) is 0.690. The van der Waals surface area contributed by atoms with Crippen molar-refractivity contribution in [2.24, 2.45) is 0 Å². The van der Waals surface area contributed by atoms with E-state index in [0.29, 0.717) is 0 Å². The standard InChI is InChI=1S/C25H20N6O8/c1-31-24(38)13-5-3-11(7-15(13)25(31)39)19(33)27-9-17-23(37)28-16(22(36)29-17)8-26-18(32)10-2-4-12-14(6-10)21(35)30-20(12)34/h2-7,16-17H,8-9H2,1H3,(H,26,32)(H,27,33)(H,28,37)(H,29,36)(H,30,34,35). The second-order valence-corrected chi connectivity index (χ2v) is 9.02. The molecule has 198 valence electrons. The Balaban J connectivity index is 1.14. The number of imide groups is 2. The van der Waals surface area contributed by atoms with Crippen molar-refractivity contribution in [2.45, 2.75) is 12.1 Å². The highest BCUT2D eigenvalue weighted by molar-refractivity contribution is 6.22. The minimum atomic E-state index is -1.09. The average Bonchev–Trinajstić information content (AvgIpc) is 3.33. The largest absolute Gasteiger partial charge is 0.349 e. The second-order valence-electron chi connectivity index (χ2n) is 9.02. The zero-order valence-electron chi connectivity index (χ0n) is 20.2. The molecule has 2 unspecified atom stereocenters. The van der Waals surface area contributed by atoms with Crippen molar-refractivity contribution in [3.63, 3.8) is 0 Å². The van der Waals surface area contributed by atoms with Crippen molar-refractivity contribution in [1.29, 1.82) is 0 Å². The molecular weight excluding hydrogens is 512 g/mol. The molecule has 5 N–H and O–H groups in total. The number of fused-ring (bicyclic) bond motifs is 2. The normalized spacial score (nSPS) is 19.7. The summed E-state index contributed by atoms with van der Waals surface area (Å²) in [6.07, 6.45) is 0. The van der Waals surface area contributed by atoms with Gasteiger partial charge in [0.1, 0.15) is 12.1 Å². The summed E-state index contributed by atoms with van der Waals surface area (Å²) in [7, 11) is 1.34. The lowest BCUT2D eigenvalue weighted by atomic mass is 10.0. The Bertz CT molecular complexity index is 1530. The van der Waals surface area contributed by atoms with Crippen LogP contribution in [-0.2, 0) is 9.59 Å². The highest BCUT2D eigenvalue weighted by Gasteiger charge is 2.35. The summed E-state index contributed by atoms with van der Waals surface area (Å²) in [5, 5.41) is 12.1. The monoisotopic (exact) mass is 532 g/mol. The molecular formula is C25H20N6O8. The summed E-state index contributed by atoms with van der Waals surface area (Å²) in [5.74, 6) is -4.61. The highest BCUT2D eigenvalue weighted by Crippen LogP contribution is 2.22. The van der Waals surface area contributed by atoms with Crippen LogP contribution in [0, 0.1) is 0 Å². The van der Waals surface area contributed by atoms with Gasteiger partial charge in [-0.2, -0.15) is 0 Å². The molecule has 39 heavy (non-hydrogen) atoms. The predicted octanol–water partition coefficient (Wildman–Crippen LogP) is -2.06. The molecule has 2 aromatic rings. The van der Waals surface area contributed by atoms with Gasteiger partial charge in [0.15, 0.2) is 0 Å². The average molecular weight is 532 g/mol. The zero-order valence-corrected chi connectivity index (χ0v) is 20.2. The van der Waals surface area contributed by atoms with Gasteiger partial charge in [-0.3, -0.25) is 48.6 Å². The van der Waals surface area contributed by atoms with Crippen LogP contribution in [0.3, 0.4) is 0 Å². The smallest absolute Gasteiger partial charge is 0.261 e. The summed E-state index contributed by atoms with van der Waals surface area (Å²) in [6, 6.07) is 5.82. The third-order valence-corrected chi connectivity index (χ3v) is 6.55. The van der Waals surface area contributed by atoms with Gasteiger partial charge in [-0.1, -0.05) is 0 Å². The number of piperazine rings is 1. The van der Waals surface area contributed by atoms with Crippen molar-refractivity contribution in [3.8, 4) is 0 Å². The van der Waals surface area contributed by atoms with Crippen LogP contribution in [0.25, 0.3) is 0 Å². The number of carbonyl (C=O) groups excluding carboxylic acids is 8. The Morgan fingerprint density at radius 1 is 0.692 bits per heavy atom. The number of hydrogen-bond acceptors (Lipinski definition) is 8. The number of hydrogen-bond donors (Lipinski definition) is 5. The molecule has 0 aliphatic carbocycles. The van der Waals surface area contributed by atoms with Gasteiger partial charge in [0, 0.05) is 31.3 Å². The van der Waals surface area contributed by atoms with E-state index in [9.17, 15) is 38.4 Å². The fourth-order valence-electron chi connectivity index (χ4n) is 4.37. The van der Waals surface area contributed by atoms with E-state index in [-0.39, 0.29) is 46.5 Å². The van der Waals surface area contributed by atoms with Crippen molar-refractivity contribution >= 4 is 47.3 Å². The molecule has 3 aliphatic heterocycles. The molecule has 14 nitrogen and oxygen atoms in total. The molecule has 0 aromatic heterocycles. The van der Waals surface area contributed by atoms with Crippen molar-refractivity contribution in [1.82, 2.24) is 31.5 Å². The van der Waals surface area contributed by atoms with E-state index < -0.39 is 59.3 Å². The first-order chi connectivity index (χ1) is 18.5. The quantitative estimate of drug-likeness (QED) is 0.261. The van der Waals surface area contributed by atoms with E-state index >= 15 is 0 Å². The molecule has 2 atom stereocenters. The first-order valence-electron chi connectivity index (χ1n) is 11.7. The molecule has 14 heteroatoms. The van der Waals surface area contributed by atoms with Crippen LogP contribution in [0.4, 0.5) is 0 Å². The summed E-state index contributed by atoms with van der Waals surface area (Å²) in [6.45, 7) is -0.511. The number of benzene rings is 2. The molecule has 1 fully saturated rings. The lowest BCUT2D eigenvalue weighted by Gasteiger charge is -2.29. The van der Waals surface area contributed by atoms with E-state index in [1.807, 2.05) is 0 Å². The minimum absolute atomic E-state index is 0.0635. The molecule has 5 rings (SSSR count). The summed E-state index contributed by atoms with van der Waals surface area (Å²) in [4.78, 5) is 98.7. The van der Waals surface area contributed by atoms with Crippen LogP contribution in [0.15, 0.2) is 36.4 Å². The molecule has 0 bridgehead atoms. The van der Waals surface area contributed by atoms with Crippen LogP contribution in [-0.4, -0.2) is 84.4 Å². The topological polar surface area (TPSA) is 200 Å². The molecule has 3 heterocycles. The van der Waals surface area contributed by atoms with Crippen LogP contribution >= 0.6 is 0 Å². The predicted molar refractivity (Wildman–Crippen MR) is 130 cm³/mol. The van der Waals surface area contributed by atoms with Gasteiger partial charge in [0.2, 0.25) is 11.8 Å². The van der Waals surface area contributed by atoms with E-state index in [1.165, 1.54) is 43.4 Å². The van der Waals surface area contributed by atoms with E-state index in [1.54, 1.807) is 0 Å². The fourth-order valence-corrected chi connectivity index (χ4v) is 4.37. The van der Waals surface area contributed by atoms with Crippen molar-refractivity contribution in [2.75, 3.05) is 20.1 Å². The number of rotatable bonds is 6. The van der Waals surface area contributed by atoms with E-state index in [0.717, 1.165) is 4.90 Å². The van der Waals surface area contributed by atoms with Gasteiger partial charge in [0.05, 0.1) is 22.3 Å². The molecule has 0 radical (unpaired) electrons. The third kappa shape index (κ3) is 4.47. The van der Waals surface area contributed by atoms with Crippen LogP contribution in [0.1, 0.15) is 62.1 Å². The Morgan fingerprint density at radius 3 is 1.72 bits per heavy atom. The first kappa shape index (κ1) is 25.3. The van der Waals surface area contributed by atoms with Gasteiger partial charge < -0.3 is 21.3 Å². The minimum Gasteiger partial charge on any atom is -0.349 e. The fraction of sp³-hybridized carbons (Fsp3) is 0.200. The number of amides is 8. The maximum atomic E-state index is 12.6. The lowest BCUT2D eigenvalue weighted by Crippen LogP contribution is -2.66. The number of nitrogens with zero attached hydrogens (tertiary/aromatic N) is 1. The van der Waals surface area contributed by atoms with E-state index in [4.69, 9.17) is 0 Å². The number of carbonyl (C=O) groups is 8. The van der Waals surface area contributed by atoms with Crippen LogP contribution in [0.2, 0.25) is 0 Å². The second kappa shape index (κ2) is 9.48. The van der Waals surface area contributed by atoms with Gasteiger partial charge in [0.25, 0.3) is 35.4 Å². The zero-order chi connectivity index (χ0) is 28.0. The van der Waals surface area contributed by atoms with Crippen molar-refractivity contribution < 1.29 is 38.4 Å². The summed E-state index contributed by atoms with van der Waals surface area (Å²) < 4.78 is 0. The Labute approximate surface area is 219 Å². The molecule has 1 saturated heterocycles. The molecule has 3 aliphatic rings. The molecule has 0 saturated carbocycles. The van der Waals surface area contributed by atoms with Gasteiger partial charge in [-0.05, 0) is 36.4 Å². The Kier molecular flexibility index (Phi) is 6.14. The first-order valence-corrected chi connectivity index (χ1v) is 11.7. The maximum Gasteiger partial charge on any atom is 0.261 e. The third-order valence-electron chi connectivity index (χ3n) is 6.55. The van der Waals surface area contributed by atoms with Crippen LogP contribution < -0.4 is 26.6 Å².